The summed E-state index contributed by atoms with van der Waals surface area (Å²) < 4.78 is 0. The molecule has 0 bridgehead atoms. The van der Waals surface area contributed by atoms with Crippen LogP contribution >= 0.6 is 0 Å². The van der Waals surface area contributed by atoms with Crippen molar-refractivity contribution in [3.63, 3.8) is 0 Å². The average molecular weight is 552 g/mol. The number of hydrogen-bond acceptors (Lipinski definition) is 4. The molecule has 4 aromatic rings. The van der Waals surface area contributed by atoms with Crippen molar-refractivity contribution in [3.8, 4) is 12.1 Å². The van der Waals surface area contributed by atoms with Gasteiger partial charge in [0.05, 0.1) is 34.7 Å². The van der Waals surface area contributed by atoms with Crippen molar-refractivity contribution in [3.05, 3.63) is 155 Å². The predicted molar refractivity (Wildman–Crippen MR) is 149 cm³/mol. The summed E-state index contributed by atoms with van der Waals surface area (Å²) in [5, 5.41) is 17.7. The summed E-state index contributed by atoms with van der Waals surface area (Å²) in [5.41, 5.74) is 8.86. The smallest absolute Gasteiger partial charge is 0.664 e. The van der Waals surface area contributed by atoms with Gasteiger partial charge in [-0.2, -0.15) is 22.9 Å². The monoisotopic (exact) mass is 551 g/mol. The minimum absolute atomic E-state index is 0. The van der Waals surface area contributed by atoms with Crippen LogP contribution in [0.5, 0.6) is 0 Å². The van der Waals surface area contributed by atoms with Crippen molar-refractivity contribution in [2.45, 2.75) is 0 Å². The topological polar surface area (TPSA) is 100 Å². The summed E-state index contributed by atoms with van der Waals surface area (Å²) in [5.74, 6) is 0. The number of nitrogens with zero attached hydrogens (tertiary/aromatic N) is 6. The van der Waals surface area contributed by atoms with E-state index < -0.39 is 0 Å². The molecule has 0 amide bonds. The number of nitriles is 2. The van der Waals surface area contributed by atoms with Crippen molar-refractivity contribution < 1.29 is 17.1 Å². The molecule has 0 saturated heterocycles. The summed E-state index contributed by atoms with van der Waals surface area (Å²) in [4.78, 5) is 17.4. The van der Waals surface area contributed by atoms with Gasteiger partial charge in [0, 0.05) is 12.4 Å². The Morgan fingerprint density at radius 2 is 1.00 bits per heavy atom. The van der Waals surface area contributed by atoms with Gasteiger partial charge in [-0.25, -0.2) is 0 Å². The molecule has 0 spiro atoms. The molecule has 4 heterocycles. The van der Waals surface area contributed by atoms with Crippen LogP contribution in [-0.4, -0.2) is 12.4 Å². The third-order valence-electron chi connectivity index (χ3n) is 5.85. The molecule has 7 heteroatoms. The first-order valence-electron chi connectivity index (χ1n) is 11.8. The first-order chi connectivity index (χ1) is 18.8. The van der Waals surface area contributed by atoms with Crippen molar-refractivity contribution in [2.75, 3.05) is 0 Å². The molecule has 6 rings (SSSR count). The molecule has 2 aliphatic rings. The average Bonchev–Trinajstić information content (AvgIpc) is 3.79. The quantitative estimate of drug-likeness (QED) is 0.298. The SMILES string of the molecule is N#Cc1ccc(/C(=C2\C=CC=N2)c2ccc[n-]2)cc1.N#Cc1ccc(/C(=C2\C=CC=N2)c2ccc[n-]2)cc1.[Cu+2]. The van der Waals surface area contributed by atoms with E-state index in [1.165, 1.54) is 0 Å². The Morgan fingerprint density at radius 3 is 1.28 bits per heavy atom. The Morgan fingerprint density at radius 1 is 0.590 bits per heavy atom. The van der Waals surface area contributed by atoms with Crippen LogP contribution in [0, 0.1) is 22.7 Å². The number of benzene rings is 2. The van der Waals surface area contributed by atoms with Crippen LogP contribution in [0.25, 0.3) is 11.1 Å². The van der Waals surface area contributed by atoms with E-state index in [9.17, 15) is 0 Å². The van der Waals surface area contributed by atoms with Crippen LogP contribution in [0.1, 0.15) is 33.6 Å². The van der Waals surface area contributed by atoms with Gasteiger partial charge in [0.25, 0.3) is 0 Å². The summed E-state index contributed by atoms with van der Waals surface area (Å²) in [6, 6.07) is 26.9. The van der Waals surface area contributed by atoms with E-state index in [4.69, 9.17) is 10.5 Å². The van der Waals surface area contributed by atoms with Crippen molar-refractivity contribution in [2.24, 2.45) is 9.98 Å². The van der Waals surface area contributed by atoms with Gasteiger partial charge in [-0.05, 0) is 70.8 Å². The fourth-order valence-corrected chi connectivity index (χ4v) is 4.07. The van der Waals surface area contributed by atoms with E-state index in [1.54, 1.807) is 49.1 Å². The van der Waals surface area contributed by atoms with Crippen molar-refractivity contribution in [1.82, 2.24) is 9.97 Å². The molecule has 189 valence electrons. The maximum Gasteiger partial charge on any atom is 2.00 e. The van der Waals surface area contributed by atoms with Gasteiger partial charge in [0.1, 0.15) is 0 Å². The fourth-order valence-electron chi connectivity index (χ4n) is 4.07. The van der Waals surface area contributed by atoms with Gasteiger partial charge in [-0.1, -0.05) is 48.5 Å². The number of allylic oxidation sites excluding steroid dienone is 4. The van der Waals surface area contributed by atoms with E-state index in [2.05, 4.69) is 32.1 Å². The Kier molecular flexibility index (Phi) is 8.85. The summed E-state index contributed by atoms with van der Waals surface area (Å²) in [6.07, 6.45) is 14.8. The third kappa shape index (κ3) is 6.21. The molecule has 0 atom stereocenters. The third-order valence-corrected chi connectivity index (χ3v) is 5.85. The van der Waals surface area contributed by atoms with E-state index >= 15 is 0 Å². The molecule has 0 aliphatic carbocycles. The van der Waals surface area contributed by atoms with Crippen molar-refractivity contribution in [1.29, 1.82) is 10.5 Å². The van der Waals surface area contributed by atoms with Crippen LogP contribution in [-0.2, 0) is 17.1 Å². The van der Waals surface area contributed by atoms with Gasteiger partial charge in [-0.3, -0.25) is 9.98 Å². The van der Waals surface area contributed by atoms with Crippen LogP contribution < -0.4 is 9.97 Å². The zero-order valence-corrected chi connectivity index (χ0v) is 21.5. The maximum atomic E-state index is 8.85. The molecule has 39 heavy (non-hydrogen) atoms. The number of aliphatic imine (C=N–C) groups is 2. The van der Waals surface area contributed by atoms with Crippen LogP contribution in [0.15, 0.2) is 131 Å². The minimum atomic E-state index is 0. The molecule has 0 unspecified atom stereocenters. The normalized spacial score (nSPS) is 15.1. The molecule has 6 nitrogen and oxygen atoms in total. The zero-order valence-electron chi connectivity index (χ0n) is 20.5. The van der Waals surface area contributed by atoms with Gasteiger partial charge in [-0.15, -0.1) is 11.4 Å². The predicted octanol–water partition coefficient (Wildman–Crippen LogP) is 5.83. The molecule has 0 fully saturated rings. The van der Waals surface area contributed by atoms with E-state index in [0.717, 1.165) is 45.1 Å². The van der Waals surface area contributed by atoms with E-state index in [1.807, 2.05) is 72.8 Å². The summed E-state index contributed by atoms with van der Waals surface area (Å²) >= 11 is 0. The van der Waals surface area contributed by atoms with E-state index in [-0.39, 0.29) is 17.1 Å². The summed E-state index contributed by atoms with van der Waals surface area (Å²) in [7, 11) is 0. The zero-order chi connectivity index (χ0) is 26.2. The summed E-state index contributed by atoms with van der Waals surface area (Å²) in [6.45, 7) is 0. The second-order valence-corrected chi connectivity index (χ2v) is 8.22. The number of rotatable bonds is 4. The first kappa shape index (κ1) is 26.9. The van der Waals surface area contributed by atoms with Gasteiger partial charge >= 0.3 is 17.1 Å². The molecular formula is C32H20CuN6. The molecule has 0 N–H and O–H groups in total. The molecule has 1 radical (unpaired) electrons. The van der Waals surface area contributed by atoms with Crippen LogP contribution in [0.3, 0.4) is 0 Å². The fraction of sp³-hybridized carbons (Fsp3) is 0. The van der Waals surface area contributed by atoms with Crippen LogP contribution in [0.2, 0.25) is 0 Å². The minimum Gasteiger partial charge on any atom is -0.664 e. The second-order valence-electron chi connectivity index (χ2n) is 8.22. The Hall–Kier alpha value is -5.20. The Labute approximate surface area is 237 Å². The van der Waals surface area contributed by atoms with Gasteiger partial charge in [0.15, 0.2) is 0 Å². The van der Waals surface area contributed by atoms with Gasteiger partial charge in [0.2, 0.25) is 0 Å². The molecule has 2 aromatic heterocycles. The molecule has 2 aliphatic heterocycles. The number of hydrogen-bond donors (Lipinski definition) is 0. The Bertz CT molecular complexity index is 1530. The Balaban J connectivity index is 0.000000176. The standard InChI is InChI=1S/2C16H10N3.Cu/c2*17-11-12-5-7-13(8-6-12)16(14-3-1-9-18-14)15-4-2-10-19-15;/h2*1-10H;/q2*-1;+2/b2*16-14-;. The van der Waals surface area contributed by atoms with E-state index in [0.29, 0.717) is 11.1 Å². The maximum absolute atomic E-state index is 8.85. The molecule has 2 aromatic carbocycles. The second kappa shape index (κ2) is 12.9. The first-order valence-corrected chi connectivity index (χ1v) is 11.8. The largest absolute Gasteiger partial charge is 2.00 e. The molecular weight excluding hydrogens is 532 g/mol. The van der Waals surface area contributed by atoms with Crippen molar-refractivity contribution >= 4 is 23.6 Å². The van der Waals surface area contributed by atoms with Crippen LogP contribution in [0.4, 0.5) is 0 Å². The molecule has 0 saturated carbocycles. The van der Waals surface area contributed by atoms with Gasteiger partial charge < -0.3 is 9.97 Å². The number of aromatic nitrogens is 2.